The number of pyridine rings is 1. The van der Waals surface area contributed by atoms with E-state index in [0.717, 1.165) is 5.56 Å². The van der Waals surface area contributed by atoms with Gasteiger partial charge in [-0.25, -0.2) is 13.4 Å². The molecule has 1 fully saturated rings. The van der Waals surface area contributed by atoms with Gasteiger partial charge < -0.3 is 4.74 Å². The van der Waals surface area contributed by atoms with Crippen molar-refractivity contribution in [3.63, 3.8) is 0 Å². The van der Waals surface area contributed by atoms with Crippen molar-refractivity contribution in [2.75, 3.05) is 19.7 Å². The SMILES string of the molecule is O=S(=O)(c1ccc(Cl)nc1)N1CCOC(c2cccc(Cl)c2)C1. The first kappa shape index (κ1) is 16.7. The van der Waals surface area contributed by atoms with Gasteiger partial charge in [-0.05, 0) is 29.8 Å². The van der Waals surface area contributed by atoms with Gasteiger partial charge in [0.1, 0.15) is 10.0 Å². The van der Waals surface area contributed by atoms with Gasteiger partial charge in [-0.3, -0.25) is 0 Å². The molecule has 5 nitrogen and oxygen atoms in total. The number of ether oxygens (including phenoxy) is 1. The molecule has 0 aliphatic carbocycles. The zero-order chi connectivity index (χ0) is 16.4. The van der Waals surface area contributed by atoms with E-state index in [2.05, 4.69) is 4.98 Å². The molecule has 0 saturated carbocycles. The monoisotopic (exact) mass is 372 g/mol. The molecule has 2 heterocycles. The minimum Gasteiger partial charge on any atom is -0.371 e. The van der Waals surface area contributed by atoms with E-state index in [9.17, 15) is 8.42 Å². The van der Waals surface area contributed by atoms with Crippen LogP contribution in [0.15, 0.2) is 47.5 Å². The largest absolute Gasteiger partial charge is 0.371 e. The molecule has 1 atom stereocenters. The molecule has 1 unspecified atom stereocenters. The van der Waals surface area contributed by atoms with Gasteiger partial charge in [0.15, 0.2) is 0 Å². The van der Waals surface area contributed by atoms with Crippen LogP contribution in [0.4, 0.5) is 0 Å². The molecule has 0 N–H and O–H groups in total. The van der Waals surface area contributed by atoms with E-state index in [1.807, 2.05) is 12.1 Å². The summed E-state index contributed by atoms with van der Waals surface area (Å²) in [5.41, 5.74) is 0.853. The molecule has 0 radical (unpaired) electrons. The highest BCUT2D eigenvalue weighted by Gasteiger charge is 2.31. The molecule has 0 bridgehead atoms. The Morgan fingerprint density at radius 3 is 2.74 bits per heavy atom. The average molecular weight is 373 g/mol. The number of rotatable bonds is 3. The van der Waals surface area contributed by atoms with Crippen LogP contribution in [0.2, 0.25) is 10.2 Å². The number of hydrogen-bond donors (Lipinski definition) is 0. The summed E-state index contributed by atoms with van der Waals surface area (Å²) in [4.78, 5) is 3.96. The molecule has 1 aliphatic heterocycles. The van der Waals surface area contributed by atoms with Crippen LogP contribution in [0.1, 0.15) is 11.7 Å². The van der Waals surface area contributed by atoms with Crippen LogP contribution in [0.25, 0.3) is 0 Å². The minimum atomic E-state index is -3.63. The van der Waals surface area contributed by atoms with E-state index in [0.29, 0.717) is 18.2 Å². The standard InChI is InChI=1S/C15H14Cl2N2O3S/c16-12-3-1-2-11(8-12)14-10-19(6-7-22-14)23(20,21)13-4-5-15(17)18-9-13/h1-5,8-9,14H,6-7,10H2. The summed E-state index contributed by atoms with van der Waals surface area (Å²) in [6.07, 6.45) is 0.916. The second kappa shape index (κ2) is 6.75. The molecule has 1 saturated heterocycles. The molecule has 3 rings (SSSR count). The molecule has 23 heavy (non-hydrogen) atoms. The molecule has 0 amide bonds. The van der Waals surface area contributed by atoms with Gasteiger partial charge >= 0.3 is 0 Å². The van der Waals surface area contributed by atoms with Crippen LogP contribution in [-0.2, 0) is 14.8 Å². The maximum absolute atomic E-state index is 12.7. The van der Waals surface area contributed by atoms with Gasteiger partial charge in [-0.15, -0.1) is 0 Å². The maximum atomic E-state index is 12.7. The summed E-state index contributed by atoms with van der Waals surface area (Å²) >= 11 is 11.7. The van der Waals surface area contributed by atoms with Crippen molar-refractivity contribution in [2.24, 2.45) is 0 Å². The lowest BCUT2D eigenvalue weighted by Crippen LogP contribution is -2.42. The lowest BCUT2D eigenvalue weighted by atomic mass is 10.1. The van der Waals surface area contributed by atoms with Crippen molar-refractivity contribution in [3.8, 4) is 0 Å². The highest BCUT2D eigenvalue weighted by molar-refractivity contribution is 7.89. The highest BCUT2D eigenvalue weighted by Crippen LogP contribution is 2.27. The number of benzene rings is 1. The summed E-state index contributed by atoms with van der Waals surface area (Å²) in [6.45, 7) is 0.838. The Bertz CT molecular complexity index is 797. The number of morpholine rings is 1. The van der Waals surface area contributed by atoms with Gasteiger partial charge in [-0.2, -0.15) is 4.31 Å². The third-order valence-electron chi connectivity index (χ3n) is 3.59. The Labute approximate surface area is 144 Å². The van der Waals surface area contributed by atoms with Crippen molar-refractivity contribution in [2.45, 2.75) is 11.0 Å². The van der Waals surface area contributed by atoms with Crippen molar-refractivity contribution >= 4 is 33.2 Å². The predicted octanol–water partition coefficient (Wildman–Crippen LogP) is 3.15. The van der Waals surface area contributed by atoms with Gasteiger partial charge in [0.05, 0.1) is 12.7 Å². The summed E-state index contributed by atoms with van der Waals surface area (Å²) in [6, 6.07) is 10.2. The number of halogens is 2. The molecule has 0 spiro atoms. The Kier molecular flexibility index (Phi) is 4.89. The molecule has 2 aromatic rings. The Morgan fingerprint density at radius 2 is 2.04 bits per heavy atom. The average Bonchev–Trinajstić information content (AvgIpc) is 2.55. The fraction of sp³-hybridized carbons (Fsp3) is 0.267. The van der Waals surface area contributed by atoms with E-state index in [4.69, 9.17) is 27.9 Å². The van der Waals surface area contributed by atoms with Gasteiger partial charge in [0.2, 0.25) is 10.0 Å². The summed E-state index contributed by atoms with van der Waals surface area (Å²) < 4.78 is 32.5. The first-order valence-electron chi connectivity index (χ1n) is 6.95. The van der Waals surface area contributed by atoms with E-state index < -0.39 is 10.0 Å². The smallest absolute Gasteiger partial charge is 0.244 e. The molecule has 8 heteroatoms. The van der Waals surface area contributed by atoms with Crippen LogP contribution < -0.4 is 0 Å². The van der Waals surface area contributed by atoms with Crippen LogP contribution in [-0.4, -0.2) is 37.4 Å². The molecule has 1 aliphatic rings. The highest BCUT2D eigenvalue weighted by atomic mass is 35.5. The second-order valence-corrected chi connectivity index (χ2v) is 7.86. The van der Waals surface area contributed by atoms with E-state index in [1.54, 1.807) is 12.1 Å². The first-order valence-corrected chi connectivity index (χ1v) is 9.15. The lowest BCUT2D eigenvalue weighted by molar-refractivity contribution is -0.00255. The van der Waals surface area contributed by atoms with Crippen LogP contribution in [0.5, 0.6) is 0 Å². The van der Waals surface area contributed by atoms with Crippen molar-refractivity contribution in [3.05, 3.63) is 58.3 Å². The number of hydrogen-bond acceptors (Lipinski definition) is 4. The topological polar surface area (TPSA) is 59.5 Å². The van der Waals surface area contributed by atoms with Gasteiger partial charge in [0, 0.05) is 24.3 Å². The molecule has 122 valence electrons. The third-order valence-corrected chi connectivity index (χ3v) is 5.90. The molecular weight excluding hydrogens is 359 g/mol. The van der Waals surface area contributed by atoms with E-state index in [-0.39, 0.29) is 22.7 Å². The molecule has 1 aromatic heterocycles. The first-order chi connectivity index (χ1) is 11.0. The fourth-order valence-electron chi connectivity index (χ4n) is 2.42. The van der Waals surface area contributed by atoms with E-state index in [1.165, 1.54) is 22.6 Å². The molecule has 1 aromatic carbocycles. The summed E-state index contributed by atoms with van der Waals surface area (Å²) in [7, 11) is -3.63. The second-order valence-electron chi connectivity index (χ2n) is 5.09. The third kappa shape index (κ3) is 3.67. The lowest BCUT2D eigenvalue weighted by Gasteiger charge is -2.32. The number of aromatic nitrogens is 1. The van der Waals surface area contributed by atoms with Crippen molar-refractivity contribution < 1.29 is 13.2 Å². The van der Waals surface area contributed by atoms with Crippen molar-refractivity contribution in [1.29, 1.82) is 0 Å². The predicted molar refractivity (Wildman–Crippen MR) is 88.2 cm³/mol. The number of sulfonamides is 1. The quantitative estimate of drug-likeness (QED) is 0.776. The van der Waals surface area contributed by atoms with E-state index >= 15 is 0 Å². The van der Waals surface area contributed by atoms with Gasteiger partial charge in [0.25, 0.3) is 0 Å². The van der Waals surface area contributed by atoms with Crippen molar-refractivity contribution in [1.82, 2.24) is 9.29 Å². The molecular formula is C15H14Cl2N2O3S. The Hall–Kier alpha value is -1.18. The summed E-state index contributed by atoms with van der Waals surface area (Å²) in [5.74, 6) is 0. The minimum absolute atomic E-state index is 0.119. The zero-order valence-electron chi connectivity index (χ0n) is 12.0. The normalized spacial score (nSPS) is 19.7. The summed E-state index contributed by atoms with van der Waals surface area (Å²) in [5, 5.41) is 0.843. The maximum Gasteiger partial charge on any atom is 0.244 e. The fourth-order valence-corrected chi connectivity index (χ4v) is 4.10. The Balaban J connectivity index is 1.84. The van der Waals surface area contributed by atoms with Crippen LogP contribution >= 0.6 is 23.2 Å². The van der Waals surface area contributed by atoms with Gasteiger partial charge in [-0.1, -0.05) is 35.3 Å². The Morgan fingerprint density at radius 1 is 1.22 bits per heavy atom. The van der Waals surface area contributed by atoms with Crippen LogP contribution in [0, 0.1) is 0 Å². The number of nitrogens with zero attached hydrogens (tertiary/aromatic N) is 2. The van der Waals surface area contributed by atoms with Crippen LogP contribution in [0.3, 0.4) is 0 Å². The zero-order valence-corrected chi connectivity index (χ0v) is 14.4.